The Morgan fingerprint density at radius 2 is 1.96 bits per heavy atom. The van der Waals surface area contributed by atoms with Gasteiger partial charge in [0.1, 0.15) is 5.82 Å². The summed E-state index contributed by atoms with van der Waals surface area (Å²) in [6.45, 7) is 5.43. The van der Waals surface area contributed by atoms with Crippen LogP contribution in [0, 0.1) is 13.8 Å². The van der Waals surface area contributed by atoms with Gasteiger partial charge >= 0.3 is 0 Å². The van der Waals surface area contributed by atoms with Crippen LogP contribution >= 0.6 is 11.3 Å². The molecular formula is C20H21N5OS. The van der Waals surface area contributed by atoms with E-state index in [2.05, 4.69) is 15.0 Å². The van der Waals surface area contributed by atoms with E-state index >= 15 is 0 Å². The average molecular weight is 379 g/mol. The van der Waals surface area contributed by atoms with Crippen LogP contribution < -0.4 is 0 Å². The van der Waals surface area contributed by atoms with Gasteiger partial charge in [-0.2, -0.15) is 0 Å². The molecule has 1 saturated heterocycles. The van der Waals surface area contributed by atoms with Crippen molar-refractivity contribution in [3.63, 3.8) is 0 Å². The number of carbonyl (C=O) groups excluding carboxylic acids is 1. The van der Waals surface area contributed by atoms with Crippen molar-refractivity contribution in [2.45, 2.75) is 32.6 Å². The predicted octanol–water partition coefficient (Wildman–Crippen LogP) is 3.63. The molecule has 0 spiro atoms. The fourth-order valence-corrected chi connectivity index (χ4v) is 4.62. The largest absolute Gasteiger partial charge is 0.339 e. The van der Waals surface area contributed by atoms with Crippen molar-refractivity contribution >= 4 is 17.2 Å². The highest BCUT2D eigenvalue weighted by atomic mass is 32.1. The van der Waals surface area contributed by atoms with Crippen LogP contribution in [0.2, 0.25) is 0 Å². The van der Waals surface area contributed by atoms with E-state index in [0.29, 0.717) is 11.5 Å². The number of thiazole rings is 1. The molecule has 138 valence electrons. The van der Waals surface area contributed by atoms with Gasteiger partial charge in [0, 0.05) is 37.6 Å². The molecule has 1 amide bonds. The molecule has 0 saturated carbocycles. The quantitative estimate of drug-likeness (QED) is 0.695. The minimum atomic E-state index is 0.0639. The highest BCUT2D eigenvalue weighted by molar-refractivity contribution is 7.15. The molecule has 0 aliphatic carbocycles. The van der Waals surface area contributed by atoms with Gasteiger partial charge in [-0.3, -0.25) is 9.78 Å². The molecule has 0 atom stereocenters. The van der Waals surface area contributed by atoms with E-state index in [9.17, 15) is 4.79 Å². The maximum atomic E-state index is 12.6. The molecule has 6 nitrogen and oxygen atoms in total. The van der Waals surface area contributed by atoms with Crippen LogP contribution in [0.1, 0.15) is 45.6 Å². The first-order valence-corrected chi connectivity index (χ1v) is 9.90. The van der Waals surface area contributed by atoms with Gasteiger partial charge in [0.05, 0.1) is 26.8 Å². The normalized spacial score (nSPS) is 15.1. The van der Waals surface area contributed by atoms with E-state index in [0.717, 1.165) is 53.0 Å². The molecule has 1 aliphatic rings. The lowest BCUT2D eigenvalue weighted by Crippen LogP contribution is -2.37. The monoisotopic (exact) mass is 379 g/mol. The van der Waals surface area contributed by atoms with Crippen LogP contribution in [0.3, 0.4) is 0 Å². The minimum absolute atomic E-state index is 0.0639. The number of pyridine rings is 1. The Kier molecular flexibility index (Phi) is 4.94. The fourth-order valence-electron chi connectivity index (χ4n) is 3.41. The van der Waals surface area contributed by atoms with E-state index in [-0.39, 0.29) is 5.91 Å². The van der Waals surface area contributed by atoms with Crippen LogP contribution in [0.4, 0.5) is 0 Å². The first-order chi connectivity index (χ1) is 13.1. The molecule has 0 N–H and O–H groups in total. The second-order valence-corrected chi connectivity index (χ2v) is 7.79. The lowest BCUT2D eigenvalue weighted by molar-refractivity contribution is 0.0712. The van der Waals surface area contributed by atoms with Crippen molar-refractivity contribution in [2.75, 3.05) is 13.1 Å². The van der Waals surface area contributed by atoms with Crippen LogP contribution in [0.5, 0.6) is 0 Å². The first kappa shape index (κ1) is 17.7. The van der Waals surface area contributed by atoms with Gasteiger partial charge in [0.2, 0.25) is 0 Å². The SMILES string of the molecule is Cc1nccc(-c2sc(C3CCN(C(=O)c4cccnc4)CC3)nc2C)n1. The first-order valence-electron chi connectivity index (χ1n) is 9.08. The molecule has 0 radical (unpaired) electrons. The van der Waals surface area contributed by atoms with E-state index < -0.39 is 0 Å². The average Bonchev–Trinajstić information content (AvgIpc) is 3.10. The molecule has 1 fully saturated rings. The zero-order valence-corrected chi connectivity index (χ0v) is 16.2. The Balaban J connectivity index is 1.46. The summed E-state index contributed by atoms with van der Waals surface area (Å²) in [5, 5.41) is 1.15. The molecule has 1 aliphatic heterocycles. The Labute approximate surface area is 162 Å². The molecule has 3 aromatic rings. The number of aromatic nitrogens is 4. The summed E-state index contributed by atoms with van der Waals surface area (Å²) in [4.78, 5) is 33.2. The Morgan fingerprint density at radius 3 is 2.67 bits per heavy atom. The van der Waals surface area contributed by atoms with Gasteiger partial charge < -0.3 is 4.90 Å². The third kappa shape index (κ3) is 3.73. The number of amides is 1. The molecule has 7 heteroatoms. The van der Waals surface area contributed by atoms with Crippen molar-refractivity contribution in [1.82, 2.24) is 24.8 Å². The van der Waals surface area contributed by atoms with Crippen molar-refractivity contribution in [2.24, 2.45) is 0 Å². The zero-order valence-electron chi connectivity index (χ0n) is 15.4. The third-order valence-corrected chi connectivity index (χ3v) is 6.20. The maximum Gasteiger partial charge on any atom is 0.255 e. The fraction of sp³-hybridized carbons (Fsp3) is 0.350. The Bertz CT molecular complexity index is 948. The summed E-state index contributed by atoms with van der Waals surface area (Å²) in [6.07, 6.45) is 6.97. The Hall–Kier alpha value is -2.67. The van der Waals surface area contributed by atoms with Crippen molar-refractivity contribution in [3.05, 3.63) is 58.9 Å². The van der Waals surface area contributed by atoms with Crippen LogP contribution in [0.25, 0.3) is 10.6 Å². The van der Waals surface area contributed by atoms with Gasteiger partial charge in [-0.15, -0.1) is 11.3 Å². The Morgan fingerprint density at radius 1 is 1.15 bits per heavy atom. The predicted molar refractivity (Wildman–Crippen MR) is 105 cm³/mol. The second kappa shape index (κ2) is 7.52. The number of nitrogens with zero attached hydrogens (tertiary/aromatic N) is 5. The van der Waals surface area contributed by atoms with Crippen LogP contribution in [-0.4, -0.2) is 43.8 Å². The summed E-state index contributed by atoms with van der Waals surface area (Å²) >= 11 is 1.72. The lowest BCUT2D eigenvalue weighted by Gasteiger charge is -2.31. The summed E-state index contributed by atoms with van der Waals surface area (Å²) in [6, 6.07) is 5.56. The third-order valence-electron chi connectivity index (χ3n) is 4.86. The number of rotatable bonds is 3. The topological polar surface area (TPSA) is 71.9 Å². The number of hydrogen-bond acceptors (Lipinski definition) is 6. The maximum absolute atomic E-state index is 12.6. The summed E-state index contributed by atoms with van der Waals surface area (Å²) in [5.74, 6) is 1.22. The van der Waals surface area contributed by atoms with Gasteiger partial charge in [0.15, 0.2) is 0 Å². The van der Waals surface area contributed by atoms with E-state index in [4.69, 9.17) is 4.98 Å². The van der Waals surface area contributed by atoms with Gasteiger partial charge in [-0.05, 0) is 44.9 Å². The molecule has 3 aromatic heterocycles. The highest BCUT2D eigenvalue weighted by Gasteiger charge is 2.27. The zero-order chi connectivity index (χ0) is 18.8. The van der Waals surface area contributed by atoms with Crippen LogP contribution in [-0.2, 0) is 0 Å². The number of carbonyl (C=O) groups is 1. The van der Waals surface area contributed by atoms with Gasteiger partial charge in [-0.1, -0.05) is 0 Å². The van der Waals surface area contributed by atoms with Gasteiger partial charge in [0.25, 0.3) is 5.91 Å². The number of hydrogen-bond donors (Lipinski definition) is 0. The molecule has 0 aromatic carbocycles. The molecule has 0 unspecified atom stereocenters. The van der Waals surface area contributed by atoms with E-state index in [1.165, 1.54) is 0 Å². The van der Waals surface area contributed by atoms with Crippen molar-refractivity contribution in [1.29, 1.82) is 0 Å². The lowest BCUT2D eigenvalue weighted by atomic mass is 9.97. The van der Waals surface area contributed by atoms with Crippen molar-refractivity contribution in [3.8, 4) is 10.6 Å². The number of aryl methyl sites for hydroxylation is 2. The molecule has 4 rings (SSSR count). The van der Waals surface area contributed by atoms with E-state index in [1.807, 2.05) is 30.9 Å². The molecule has 27 heavy (non-hydrogen) atoms. The van der Waals surface area contributed by atoms with Gasteiger partial charge in [-0.25, -0.2) is 15.0 Å². The summed E-state index contributed by atoms with van der Waals surface area (Å²) in [7, 11) is 0. The van der Waals surface area contributed by atoms with Crippen LogP contribution in [0.15, 0.2) is 36.8 Å². The summed E-state index contributed by atoms with van der Waals surface area (Å²) < 4.78 is 0. The molecular weight excluding hydrogens is 358 g/mol. The molecule has 4 heterocycles. The summed E-state index contributed by atoms with van der Waals surface area (Å²) in [5.41, 5.74) is 2.61. The number of piperidine rings is 1. The van der Waals surface area contributed by atoms with Crippen molar-refractivity contribution < 1.29 is 4.79 Å². The second-order valence-electron chi connectivity index (χ2n) is 6.76. The minimum Gasteiger partial charge on any atom is -0.339 e. The van der Waals surface area contributed by atoms with E-state index in [1.54, 1.807) is 36.0 Å². The smallest absolute Gasteiger partial charge is 0.255 e. The molecule has 0 bridgehead atoms. The highest BCUT2D eigenvalue weighted by Crippen LogP contribution is 2.36. The number of likely N-dealkylation sites (tertiary alicyclic amines) is 1. The standard InChI is InChI=1S/C20H21N5OS/c1-13-18(17-5-9-22-14(2)24-17)27-19(23-13)15-6-10-25(11-7-15)20(26)16-4-3-8-21-12-16/h3-5,8-9,12,15H,6-7,10-11H2,1-2H3.